The van der Waals surface area contributed by atoms with Gasteiger partial charge in [-0.25, -0.2) is 4.98 Å². The molecule has 0 unspecified atom stereocenters. The molecule has 2 rings (SSSR count). The van der Waals surface area contributed by atoms with Crippen LogP contribution in [0.1, 0.15) is 68.1 Å². The van der Waals surface area contributed by atoms with Crippen molar-refractivity contribution in [2.45, 2.75) is 63.6 Å². The Kier molecular flexibility index (Phi) is 4.30. The molecule has 21 heavy (non-hydrogen) atoms. The number of carbonyl (C=O) groups is 1. The zero-order valence-corrected chi connectivity index (χ0v) is 12.1. The van der Waals surface area contributed by atoms with Crippen molar-refractivity contribution in [3.63, 3.8) is 0 Å². The lowest BCUT2D eigenvalue weighted by atomic mass is 9.81. The van der Waals surface area contributed by atoms with Crippen molar-refractivity contribution >= 4 is 5.91 Å². The van der Waals surface area contributed by atoms with Crippen molar-refractivity contribution in [1.82, 2.24) is 10.3 Å². The Bertz CT molecular complexity index is 503. The van der Waals surface area contributed by atoms with Gasteiger partial charge < -0.3 is 9.73 Å². The Balaban J connectivity index is 2.25. The van der Waals surface area contributed by atoms with E-state index < -0.39 is 17.6 Å². The highest BCUT2D eigenvalue weighted by Gasteiger charge is 2.55. The number of aromatic nitrogens is 1. The van der Waals surface area contributed by atoms with Crippen LogP contribution in [0.25, 0.3) is 0 Å². The average molecular weight is 304 g/mol. The number of alkyl halides is 3. The minimum absolute atomic E-state index is 0.0563. The van der Waals surface area contributed by atoms with Crippen LogP contribution in [0.2, 0.25) is 0 Å². The summed E-state index contributed by atoms with van der Waals surface area (Å²) in [5.74, 6) is -0.631. The third-order valence-electron chi connectivity index (χ3n) is 3.94. The van der Waals surface area contributed by atoms with Crippen molar-refractivity contribution in [2.75, 3.05) is 0 Å². The van der Waals surface area contributed by atoms with Crippen molar-refractivity contribution in [1.29, 1.82) is 0 Å². The number of hydrogen-bond acceptors (Lipinski definition) is 3. The molecule has 0 atom stereocenters. The van der Waals surface area contributed by atoms with E-state index in [1.165, 1.54) is 0 Å². The minimum atomic E-state index is -4.47. The Morgan fingerprint density at radius 1 is 1.33 bits per heavy atom. The molecular weight excluding hydrogens is 285 g/mol. The van der Waals surface area contributed by atoms with Crippen LogP contribution >= 0.6 is 0 Å². The molecule has 7 heteroatoms. The van der Waals surface area contributed by atoms with E-state index in [0.29, 0.717) is 18.6 Å². The number of hydrogen-bond donors (Lipinski definition) is 1. The van der Waals surface area contributed by atoms with Gasteiger partial charge in [-0.15, -0.1) is 0 Å². The fourth-order valence-corrected chi connectivity index (χ4v) is 2.75. The van der Waals surface area contributed by atoms with Crippen LogP contribution in [-0.2, 0) is 0 Å². The van der Waals surface area contributed by atoms with Gasteiger partial charge in [-0.2, -0.15) is 13.2 Å². The summed E-state index contributed by atoms with van der Waals surface area (Å²) >= 11 is 0. The predicted molar refractivity (Wildman–Crippen MR) is 69.9 cm³/mol. The van der Waals surface area contributed by atoms with Gasteiger partial charge in [-0.1, -0.05) is 33.1 Å². The highest BCUT2D eigenvalue weighted by Crippen LogP contribution is 2.41. The molecule has 1 heterocycles. The zero-order valence-electron chi connectivity index (χ0n) is 12.1. The molecule has 4 nitrogen and oxygen atoms in total. The SMILES string of the molecule is CC(C)c1ocnc1C(=O)NC1(C(F)(F)F)CCCCC1. The van der Waals surface area contributed by atoms with Crippen LogP contribution in [0.4, 0.5) is 13.2 Å². The molecule has 1 N–H and O–H groups in total. The van der Waals surface area contributed by atoms with Gasteiger partial charge in [-0.3, -0.25) is 4.79 Å². The van der Waals surface area contributed by atoms with E-state index in [1.54, 1.807) is 13.8 Å². The molecule has 1 aliphatic carbocycles. The normalized spacial score (nSPS) is 18.8. The Labute approximate surface area is 121 Å². The van der Waals surface area contributed by atoms with Crippen LogP contribution in [-0.4, -0.2) is 22.6 Å². The quantitative estimate of drug-likeness (QED) is 0.924. The van der Waals surface area contributed by atoms with Crippen LogP contribution in [0.3, 0.4) is 0 Å². The second kappa shape index (κ2) is 5.69. The van der Waals surface area contributed by atoms with Gasteiger partial charge in [0.05, 0.1) is 0 Å². The number of oxazole rings is 1. The first-order chi connectivity index (χ1) is 9.77. The number of rotatable bonds is 3. The van der Waals surface area contributed by atoms with E-state index in [1.807, 2.05) is 0 Å². The molecular formula is C14H19F3N2O2. The van der Waals surface area contributed by atoms with Crippen LogP contribution in [0.5, 0.6) is 0 Å². The maximum absolute atomic E-state index is 13.4. The van der Waals surface area contributed by atoms with Crippen LogP contribution < -0.4 is 5.32 Å². The number of halogens is 3. The highest BCUT2D eigenvalue weighted by atomic mass is 19.4. The molecule has 0 saturated heterocycles. The zero-order chi connectivity index (χ0) is 15.7. The Morgan fingerprint density at radius 3 is 2.48 bits per heavy atom. The largest absolute Gasteiger partial charge is 0.447 e. The van der Waals surface area contributed by atoms with E-state index in [-0.39, 0.29) is 24.5 Å². The summed E-state index contributed by atoms with van der Waals surface area (Å²) in [7, 11) is 0. The molecule has 1 fully saturated rings. The van der Waals surface area contributed by atoms with Crippen molar-refractivity contribution in [2.24, 2.45) is 0 Å². The van der Waals surface area contributed by atoms with Crippen LogP contribution in [0.15, 0.2) is 10.8 Å². The van der Waals surface area contributed by atoms with E-state index >= 15 is 0 Å². The van der Waals surface area contributed by atoms with Gasteiger partial charge in [0.2, 0.25) is 0 Å². The number of carbonyl (C=O) groups excluding carboxylic acids is 1. The summed E-state index contributed by atoms with van der Waals surface area (Å²) in [4.78, 5) is 16.0. The molecule has 118 valence electrons. The molecule has 0 aromatic carbocycles. The van der Waals surface area contributed by atoms with Crippen molar-refractivity contribution in [3.8, 4) is 0 Å². The fourth-order valence-electron chi connectivity index (χ4n) is 2.75. The van der Waals surface area contributed by atoms with Gasteiger partial charge in [0, 0.05) is 5.92 Å². The van der Waals surface area contributed by atoms with Gasteiger partial charge in [0.25, 0.3) is 5.91 Å². The summed E-state index contributed by atoms with van der Waals surface area (Å²) in [6.45, 7) is 3.58. The van der Waals surface area contributed by atoms with E-state index in [9.17, 15) is 18.0 Å². The Hall–Kier alpha value is -1.53. The van der Waals surface area contributed by atoms with Crippen LogP contribution in [0, 0.1) is 0 Å². The smallest absolute Gasteiger partial charge is 0.411 e. The summed E-state index contributed by atoms with van der Waals surface area (Å²) in [5.41, 5.74) is -2.20. The average Bonchev–Trinajstić information content (AvgIpc) is 2.88. The number of nitrogens with one attached hydrogen (secondary N) is 1. The third-order valence-corrected chi connectivity index (χ3v) is 3.94. The summed E-state index contributed by atoms with van der Waals surface area (Å²) in [6, 6.07) is 0. The highest BCUT2D eigenvalue weighted by molar-refractivity contribution is 5.93. The molecule has 0 spiro atoms. The monoisotopic (exact) mass is 304 g/mol. The molecule has 0 radical (unpaired) electrons. The topological polar surface area (TPSA) is 55.1 Å². The maximum atomic E-state index is 13.4. The first-order valence-corrected chi connectivity index (χ1v) is 7.09. The molecule has 1 amide bonds. The third kappa shape index (κ3) is 3.06. The van der Waals surface area contributed by atoms with Gasteiger partial charge >= 0.3 is 6.18 Å². The van der Waals surface area contributed by atoms with E-state index in [2.05, 4.69) is 10.3 Å². The molecule has 0 aliphatic heterocycles. The first-order valence-electron chi connectivity index (χ1n) is 7.09. The van der Waals surface area contributed by atoms with E-state index in [4.69, 9.17) is 4.42 Å². The number of nitrogens with zero attached hydrogens (tertiary/aromatic N) is 1. The van der Waals surface area contributed by atoms with Crippen molar-refractivity contribution < 1.29 is 22.4 Å². The lowest BCUT2D eigenvalue weighted by molar-refractivity contribution is -0.201. The van der Waals surface area contributed by atoms with Crippen molar-refractivity contribution in [3.05, 3.63) is 17.8 Å². The van der Waals surface area contributed by atoms with Gasteiger partial charge in [0.1, 0.15) is 11.3 Å². The fraction of sp³-hybridized carbons (Fsp3) is 0.714. The lowest BCUT2D eigenvalue weighted by Crippen LogP contribution is -2.59. The molecule has 1 aliphatic rings. The van der Waals surface area contributed by atoms with Gasteiger partial charge in [-0.05, 0) is 12.8 Å². The molecule has 1 aromatic rings. The molecule has 1 saturated carbocycles. The predicted octanol–water partition coefficient (Wildman–Crippen LogP) is 3.79. The molecule has 0 bridgehead atoms. The summed E-state index contributed by atoms with van der Waals surface area (Å²) in [6.07, 6.45) is -1.88. The number of amides is 1. The lowest BCUT2D eigenvalue weighted by Gasteiger charge is -2.39. The first kappa shape index (κ1) is 15.9. The summed E-state index contributed by atoms with van der Waals surface area (Å²) < 4.78 is 45.3. The second-order valence-corrected chi connectivity index (χ2v) is 5.81. The standard InChI is InChI=1S/C14H19F3N2O2/c1-9(2)11-10(18-8-21-11)12(20)19-13(14(15,16)17)6-4-3-5-7-13/h8-9H,3-7H2,1-2H3,(H,19,20). The molecule has 1 aromatic heterocycles. The minimum Gasteiger partial charge on any atom is -0.447 e. The van der Waals surface area contributed by atoms with Gasteiger partial charge in [0.15, 0.2) is 12.1 Å². The Morgan fingerprint density at radius 2 is 1.95 bits per heavy atom. The second-order valence-electron chi connectivity index (χ2n) is 5.81. The summed E-state index contributed by atoms with van der Waals surface area (Å²) in [5, 5.41) is 2.18. The van der Waals surface area contributed by atoms with E-state index in [0.717, 1.165) is 12.8 Å². The maximum Gasteiger partial charge on any atom is 0.411 e.